The number of likely N-dealkylation sites (N-methyl/N-ethyl adjacent to an activating group) is 1. The lowest BCUT2D eigenvalue weighted by molar-refractivity contribution is -0.128. The number of fused-ring (bicyclic) bond motifs is 3. The molecule has 2 heterocycles. The Labute approximate surface area is 184 Å². The first-order valence-corrected chi connectivity index (χ1v) is 10.2. The fourth-order valence-electron chi connectivity index (χ4n) is 4.39. The molecule has 2 aliphatic rings. The number of benzene rings is 2. The number of anilines is 2. The summed E-state index contributed by atoms with van der Waals surface area (Å²) in [4.78, 5) is 42.8. The summed E-state index contributed by atoms with van der Waals surface area (Å²) in [6.07, 6.45) is 0.323. The van der Waals surface area contributed by atoms with Crippen LogP contribution < -0.4 is 19.7 Å². The van der Waals surface area contributed by atoms with Crippen LogP contribution in [0, 0.1) is 0 Å². The molecule has 1 atom stereocenters. The summed E-state index contributed by atoms with van der Waals surface area (Å²) < 4.78 is 10.6. The number of nitrogens with one attached hydrogen (secondary N) is 1. The third-order valence-electron chi connectivity index (χ3n) is 5.78. The lowest BCUT2D eigenvalue weighted by Gasteiger charge is -2.48. The molecular formula is C22H22ClN3O5. The van der Waals surface area contributed by atoms with Crippen LogP contribution in [-0.4, -0.2) is 49.0 Å². The predicted octanol–water partition coefficient (Wildman–Crippen LogP) is 3.29. The molecule has 0 aliphatic carbocycles. The summed E-state index contributed by atoms with van der Waals surface area (Å²) in [5, 5.41) is 3.12. The number of carbonyl (C=O) groups excluding carboxylic acids is 3. The minimum atomic E-state index is -1.48. The first-order chi connectivity index (χ1) is 14.9. The van der Waals surface area contributed by atoms with Crippen molar-refractivity contribution in [3.8, 4) is 11.5 Å². The molecule has 1 saturated heterocycles. The number of ether oxygens (including phenoxy) is 2. The van der Waals surface area contributed by atoms with Crippen molar-refractivity contribution >= 4 is 40.7 Å². The molecule has 9 heteroatoms. The van der Waals surface area contributed by atoms with E-state index < -0.39 is 11.6 Å². The van der Waals surface area contributed by atoms with E-state index in [9.17, 15) is 14.4 Å². The maximum Gasteiger partial charge on any atom is 0.271 e. The summed E-state index contributed by atoms with van der Waals surface area (Å²) in [6, 6.07) is 9.92. The Morgan fingerprint density at radius 1 is 1.16 bits per heavy atom. The molecule has 162 valence electrons. The Kier molecular flexibility index (Phi) is 5.26. The number of carbonyl (C=O) groups is 3. The van der Waals surface area contributed by atoms with Gasteiger partial charge in [-0.25, -0.2) is 0 Å². The quantitative estimate of drug-likeness (QED) is 0.766. The van der Waals surface area contributed by atoms with Crippen molar-refractivity contribution in [2.24, 2.45) is 0 Å². The summed E-state index contributed by atoms with van der Waals surface area (Å²) in [5.74, 6) is -0.286. The van der Waals surface area contributed by atoms with Gasteiger partial charge in [-0.1, -0.05) is 23.7 Å². The maximum absolute atomic E-state index is 13.7. The summed E-state index contributed by atoms with van der Waals surface area (Å²) in [7, 11) is 2.94. The van der Waals surface area contributed by atoms with Gasteiger partial charge in [-0.05, 0) is 25.1 Å². The molecule has 0 aromatic heterocycles. The molecule has 0 bridgehead atoms. The van der Waals surface area contributed by atoms with E-state index in [1.807, 2.05) is 0 Å². The zero-order valence-electron chi connectivity index (χ0n) is 17.4. The summed E-state index contributed by atoms with van der Waals surface area (Å²) >= 11 is 6.25. The number of methoxy groups -OCH3 is 2. The third kappa shape index (κ3) is 3.01. The van der Waals surface area contributed by atoms with Crippen LogP contribution in [0.4, 0.5) is 11.4 Å². The fourth-order valence-corrected chi connectivity index (χ4v) is 4.63. The van der Waals surface area contributed by atoms with Crippen LogP contribution in [0.2, 0.25) is 5.02 Å². The Bertz CT molecular complexity index is 1090. The zero-order chi connectivity index (χ0) is 22.3. The van der Waals surface area contributed by atoms with Gasteiger partial charge < -0.3 is 19.7 Å². The van der Waals surface area contributed by atoms with E-state index in [0.29, 0.717) is 28.4 Å². The lowest BCUT2D eigenvalue weighted by atomic mass is 9.95. The van der Waals surface area contributed by atoms with Crippen molar-refractivity contribution in [1.29, 1.82) is 0 Å². The van der Waals surface area contributed by atoms with E-state index in [1.54, 1.807) is 37.3 Å². The van der Waals surface area contributed by atoms with Gasteiger partial charge in [-0.3, -0.25) is 19.3 Å². The van der Waals surface area contributed by atoms with E-state index >= 15 is 0 Å². The molecule has 0 unspecified atom stereocenters. The Morgan fingerprint density at radius 3 is 2.55 bits per heavy atom. The standard InChI is InChI=1S/C22H22ClN3O5/c1-4-25-20(28)13-7-5-6-8-16(13)26-19(27)9-10-22(25,26)21(29)24-15-11-14(23)17(30-2)12-18(15)31-3/h5-8,11-12H,4,9-10H2,1-3H3,(H,24,29)/t22-/m1/s1. The molecule has 0 spiro atoms. The second-order valence-electron chi connectivity index (χ2n) is 7.25. The minimum Gasteiger partial charge on any atom is -0.495 e. The SMILES string of the molecule is CCN1C(=O)c2ccccc2N2C(=O)CC[C@@]12C(=O)Nc1cc(Cl)c(OC)cc1OC. The van der Waals surface area contributed by atoms with Crippen LogP contribution in [0.3, 0.4) is 0 Å². The molecule has 3 amide bonds. The number of halogens is 1. The molecule has 2 aromatic carbocycles. The van der Waals surface area contributed by atoms with Gasteiger partial charge in [-0.2, -0.15) is 0 Å². The Hall–Kier alpha value is -3.26. The molecule has 2 aliphatic heterocycles. The van der Waals surface area contributed by atoms with Gasteiger partial charge in [0.25, 0.3) is 11.8 Å². The Morgan fingerprint density at radius 2 is 1.87 bits per heavy atom. The fraction of sp³-hybridized carbons (Fsp3) is 0.318. The molecular weight excluding hydrogens is 422 g/mol. The third-order valence-corrected chi connectivity index (χ3v) is 6.07. The van der Waals surface area contributed by atoms with Gasteiger partial charge in [0.05, 0.1) is 36.2 Å². The number of nitrogens with zero attached hydrogens (tertiary/aromatic N) is 2. The lowest BCUT2D eigenvalue weighted by Crippen LogP contribution is -2.69. The first-order valence-electron chi connectivity index (χ1n) is 9.86. The van der Waals surface area contributed by atoms with Gasteiger partial charge in [0.2, 0.25) is 11.6 Å². The maximum atomic E-state index is 13.7. The van der Waals surface area contributed by atoms with E-state index in [0.717, 1.165) is 0 Å². The van der Waals surface area contributed by atoms with Gasteiger partial charge in [0, 0.05) is 25.5 Å². The van der Waals surface area contributed by atoms with E-state index in [4.69, 9.17) is 21.1 Å². The second kappa shape index (κ2) is 7.77. The average Bonchev–Trinajstić information content (AvgIpc) is 3.12. The van der Waals surface area contributed by atoms with E-state index in [-0.39, 0.29) is 36.2 Å². The van der Waals surface area contributed by atoms with Crippen molar-refractivity contribution in [3.05, 3.63) is 47.0 Å². The number of hydrogen-bond acceptors (Lipinski definition) is 5. The van der Waals surface area contributed by atoms with Crippen molar-refractivity contribution in [2.75, 3.05) is 31.0 Å². The molecule has 8 nitrogen and oxygen atoms in total. The summed E-state index contributed by atoms with van der Waals surface area (Å²) in [6.45, 7) is 2.04. The molecule has 31 heavy (non-hydrogen) atoms. The van der Waals surface area contributed by atoms with E-state index in [2.05, 4.69) is 5.32 Å². The van der Waals surface area contributed by atoms with Crippen molar-refractivity contribution < 1.29 is 23.9 Å². The van der Waals surface area contributed by atoms with Crippen LogP contribution in [0.25, 0.3) is 0 Å². The summed E-state index contributed by atoms with van der Waals surface area (Å²) in [5.41, 5.74) is -0.327. The van der Waals surface area contributed by atoms with Crippen LogP contribution >= 0.6 is 11.6 Å². The van der Waals surface area contributed by atoms with Gasteiger partial charge in [0.1, 0.15) is 11.5 Å². The first kappa shape index (κ1) is 21.0. The van der Waals surface area contributed by atoms with Gasteiger partial charge in [-0.15, -0.1) is 0 Å². The van der Waals surface area contributed by atoms with Crippen molar-refractivity contribution in [1.82, 2.24) is 4.90 Å². The molecule has 0 saturated carbocycles. The zero-order valence-corrected chi connectivity index (χ0v) is 18.2. The van der Waals surface area contributed by atoms with Crippen LogP contribution in [0.5, 0.6) is 11.5 Å². The highest BCUT2D eigenvalue weighted by Gasteiger charge is 2.60. The van der Waals surface area contributed by atoms with Crippen molar-refractivity contribution in [2.45, 2.75) is 25.4 Å². The normalized spacial score (nSPS) is 19.7. The molecule has 1 fully saturated rings. The highest BCUT2D eigenvalue weighted by Crippen LogP contribution is 2.45. The second-order valence-corrected chi connectivity index (χ2v) is 7.66. The monoisotopic (exact) mass is 443 g/mol. The predicted molar refractivity (Wildman–Crippen MR) is 116 cm³/mol. The smallest absolute Gasteiger partial charge is 0.271 e. The van der Waals surface area contributed by atoms with E-state index in [1.165, 1.54) is 30.1 Å². The van der Waals surface area contributed by atoms with Crippen molar-refractivity contribution in [3.63, 3.8) is 0 Å². The molecule has 0 radical (unpaired) electrons. The van der Waals surface area contributed by atoms with Crippen LogP contribution in [0.15, 0.2) is 36.4 Å². The number of amides is 3. The van der Waals surface area contributed by atoms with Gasteiger partial charge >= 0.3 is 0 Å². The number of hydrogen-bond donors (Lipinski definition) is 1. The average molecular weight is 444 g/mol. The highest BCUT2D eigenvalue weighted by atomic mass is 35.5. The van der Waals surface area contributed by atoms with Gasteiger partial charge in [0.15, 0.2) is 0 Å². The molecule has 1 N–H and O–H groups in total. The highest BCUT2D eigenvalue weighted by molar-refractivity contribution is 6.32. The van der Waals surface area contributed by atoms with Crippen LogP contribution in [-0.2, 0) is 9.59 Å². The number of para-hydroxylation sites is 1. The molecule has 2 aromatic rings. The number of rotatable bonds is 5. The topological polar surface area (TPSA) is 88.2 Å². The Balaban J connectivity index is 1.82. The minimum absolute atomic E-state index is 0.145. The largest absolute Gasteiger partial charge is 0.495 e. The molecule has 4 rings (SSSR count). The van der Waals surface area contributed by atoms with Crippen LogP contribution in [0.1, 0.15) is 30.1 Å².